The van der Waals surface area contributed by atoms with Crippen LogP contribution in [0.3, 0.4) is 0 Å². The summed E-state index contributed by atoms with van der Waals surface area (Å²) in [5, 5.41) is 3.30. The Morgan fingerprint density at radius 1 is 1.46 bits per heavy atom. The third-order valence-electron chi connectivity index (χ3n) is 4.11. The number of methoxy groups -OCH3 is 2. The Morgan fingerprint density at radius 2 is 2.21 bits per heavy atom. The van der Waals surface area contributed by atoms with E-state index in [-0.39, 0.29) is 41.8 Å². The minimum absolute atomic E-state index is 0. The van der Waals surface area contributed by atoms with Gasteiger partial charge in [0.15, 0.2) is 5.96 Å². The van der Waals surface area contributed by atoms with E-state index in [0.717, 1.165) is 18.1 Å². The van der Waals surface area contributed by atoms with Gasteiger partial charge < -0.3 is 19.7 Å². The Morgan fingerprint density at radius 3 is 2.83 bits per heavy atom. The highest BCUT2D eigenvalue weighted by Gasteiger charge is 2.36. The lowest BCUT2D eigenvalue weighted by Crippen LogP contribution is -2.40. The number of nitrogens with zero attached hydrogens (tertiary/aromatic N) is 3. The van der Waals surface area contributed by atoms with Crippen LogP contribution in [0.1, 0.15) is 12.5 Å². The van der Waals surface area contributed by atoms with E-state index in [0.29, 0.717) is 19.0 Å². The molecule has 0 amide bonds. The number of halogens is 1. The average Bonchev–Trinajstić information content (AvgIpc) is 2.96. The van der Waals surface area contributed by atoms with Crippen molar-refractivity contribution in [3.63, 3.8) is 0 Å². The Balaban J connectivity index is 0.00000288. The zero-order valence-electron chi connectivity index (χ0n) is 14.5. The quantitative estimate of drug-likeness (QED) is 0.326. The Labute approximate surface area is 159 Å². The number of hydrogen-bond acceptors (Lipinski definition) is 5. The van der Waals surface area contributed by atoms with Crippen LogP contribution in [0, 0.1) is 11.8 Å². The number of likely N-dealkylation sites (tertiary alicyclic amines) is 1. The van der Waals surface area contributed by atoms with Crippen molar-refractivity contribution in [1.29, 1.82) is 0 Å². The van der Waals surface area contributed by atoms with Gasteiger partial charge in [-0.15, -0.1) is 24.0 Å². The Kier molecular flexibility index (Phi) is 8.23. The van der Waals surface area contributed by atoms with E-state index in [1.54, 1.807) is 20.4 Å². The van der Waals surface area contributed by atoms with Gasteiger partial charge in [-0.2, -0.15) is 0 Å². The minimum atomic E-state index is -0.163. The van der Waals surface area contributed by atoms with Gasteiger partial charge in [-0.25, -0.2) is 4.98 Å². The lowest BCUT2D eigenvalue weighted by molar-refractivity contribution is -0.145. The largest absolute Gasteiger partial charge is 0.481 e. The van der Waals surface area contributed by atoms with Crippen molar-refractivity contribution in [2.45, 2.75) is 13.5 Å². The van der Waals surface area contributed by atoms with Crippen LogP contribution in [0.5, 0.6) is 5.88 Å². The molecule has 0 saturated carbocycles. The van der Waals surface area contributed by atoms with Crippen LogP contribution < -0.4 is 10.1 Å². The van der Waals surface area contributed by atoms with E-state index in [4.69, 9.17) is 9.47 Å². The molecule has 1 N–H and O–H groups in total. The van der Waals surface area contributed by atoms with Crippen LogP contribution in [-0.4, -0.2) is 56.2 Å². The number of carbonyl (C=O) groups is 1. The second-order valence-corrected chi connectivity index (χ2v) is 5.58. The van der Waals surface area contributed by atoms with Crippen LogP contribution in [0.4, 0.5) is 0 Å². The Hall–Kier alpha value is -1.58. The molecule has 1 saturated heterocycles. The maximum atomic E-state index is 11.8. The normalized spacial score (nSPS) is 20.3. The van der Waals surface area contributed by atoms with Crippen LogP contribution in [-0.2, 0) is 16.1 Å². The van der Waals surface area contributed by atoms with E-state index in [2.05, 4.69) is 27.1 Å². The second-order valence-electron chi connectivity index (χ2n) is 5.58. The number of nitrogens with one attached hydrogen (secondary N) is 1. The summed E-state index contributed by atoms with van der Waals surface area (Å²) in [6.45, 7) is 3.98. The van der Waals surface area contributed by atoms with Gasteiger partial charge in [0.2, 0.25) is 5.88 Å². The molecule has 0 radical (unpaired) electrons. The Bertz CT molecular complexity index is 582. The molecule has 2 unspecified atom stereocenters. The molecule has 2 atom stereocenters. The molecule has 2 rings (SSSR count). The van der Waals surface area contributed by atoms with Gasteiger partial charge in [-0.05, 0) is 12.0 Å². The zero-order valence-corrected chi connectivity index (χ0v) is 16.8. The molecule has 1 fully saturated rings. The molecular weight excluding hydrogens is 423 g/mol. The standard InChI is InChI=1S/C16H24N4O3.HI/c1-11-9-20(10-13(11)15(21)23-4)16(17-2)19-8-12-6-5-7-18-14(12)22-3;/h5-7,11,13H,8-10H2,1-4H3,(H,17,19);1H. The van der Waals surface area contributed by atoms with E-state index < -0.39 is 0 Å². The number of esters is 1. The van der Waals surface area contributed by atoms with Gasteiger partial charge in [0.25, 0.3) is 0 Å². The van der Waals surface area contributed by atoms with Crippen molar-refractivity contribution in [2.24, 2.45) is 16.8 Å². The molecule has 134 valence electrons. The van der Waals surface area contributed by atoms with Crippen molar-refractivity contribution in [2.75, 3.05) is 34.4 Å². The molecule has 1 aromatic rings. The summed E-state index contributed by atoms with van der Waals surface area (Å²) < 4.78 is 10.1. The van der Waals surface area contributed by atoms with E-state index >= 15 is 0 Å². The number of rotatable bonds is 4. The molecule has 0 aliphatic carbocycles. The first-order valence-electron chi connectivity index (χ1n) is 7.62. The van der Waals surface area contributed by atoms with Crippen LogP contribution in [0.15, 0.2) is 23.3 Å². The van der Waals surface area contributed by atoms with Gasteiger partial charge in [0.1, 0.15) is 0 Å². The summed E-state index contributed by atoms with van der Waals surface area (Å²) >= 11 is 0. The number of aromatic nitrogens is 1. The fraction of sp³-hybridized carbons (Fsp3) is 0.562. The highest BCUT2D eigenvalue weighted by atomic mass is 127. The van der Waals surface area contributed by atoms with Gasteiger partial charge >= 0.3 is 5.97 Å². The minimum Gasteiger partial charge on any atom is -0.481 e. The summed E-state index contributed by atoms with van der Waals surface area (Å²) in [5.74, 6) is 1.30. The van der Waals surface area contributed by atoms with E-state index in [1.807, 2.05) is 12.1 Å². The molecular formula is C16H25IN4O3. The van der Waals surface area contributed by atoms with Gasteiger partial charge in [0, 0.05) is 38.4 Å². The van der Waals surface area contributed by atoms with Gasteiger partial charge in [0.05, 0.1) is 20.1 Å². The topological polar surface area (TPSA) is 76.1 Å². The smallest absolute Gasteiger partial charge is 0.310 e. The van der Waals surface area contributed by atoms with Crippen molar-refractivity contribution in [3.8, 4) is 5.88 Å². The summed E-state index contributed by atoms with van der Waals surface area (Å²) in [5.41, 5.74) is 0.952. The summed E-state index contributed by atoms with van der Waals surface area (Å²) in [6, 6.07) is 3.82. The predicted octanol–water partition coefficient (Wildman–Crippen LogP) is 1.52. The number of guanidine groups is 1. The molecule has 2 heterocycles. The van der Waals surface area contributed by atoms with E-state index in [1.165, 1.54) is 7.11 Å². The first kappa shape index (κ1) is 20.5. The number of ether oxygens (including phenoxy) is 2. The van der Waals surface area contributed by atoms with Crippen molar-refractivity contribution in [3.05, 3.63) is 23.9 Å². The maximum absolute atomic E-state index is 11.8. The van der Waals surface area contributed by atoms with Crippen LogP contribution in [0.25, 0.3) is 0 Å². The summed E-state index contributed by atoms with van der Waals surface area (Å²) in [4.78, 5) is 22.4. The third-order valence-corrected chi connectivity index (χ3v) is 4.11. The molecule has 8 heteroatoms. The SMILES string of the molecule is CN=C(NCc1cccnc1OC)N1CC(C)C(C(=O)OC)C1.I. The average molecular weight is 448 g/mol. The fourth-order valence-corrected chi connectivity index (χ4v) is 2.85. The summed E-state index contributed by atoms with van der Waals surface area (Å²) in [6.07, 6.45) is 1.69. The molecule has 1 aromatic heterocycles. The number of carbonyl (C=O) groups excluding carboxylic acids is 1. The molecule has 1 aliphatic heterocycles. The predicted molar refractivity (Wildman–Crippen MR) is 103 cm³/mol. The maximum Gasteiger partial charge on any atom is 0.310 e. The van der Waals surface area contributed by atoms with E-state index in [9.17, 15) is 4.79 Å². The number of pyridine rings is 1. The zero-order chi connectivity index (χ0) is 16.8. The van der Waals surface area contributed by atoms with Crippen molar-refractivity contribution >= 4 is 35.9 Å². The monoisotopic (exact) mass is 448 g/mol. The molecule has 1 aliphatic rings. The lowest BCUT2D eigenvalue weighted by atomic mass is 9.99. The lowest BCUT2D eigenvalue weighted by Gasteiger charge is -2.21. The molecule has 0 aromatic carbocycles. The van der Waals surface area contributed by atoms with Gasteiger partial charge in [-0.1, -0.05) is 13.0 Å². The second kappa shape index (κ2) is 9.65. The van der Waals surface area contributed by atoms with Crippen LogP contribution >= 0.6 is 24.0 Å². The number of aliphatic imine (C=N–C) groups is 1. The third kappa shape index (κ3) is 4.71. The first-order chi connectivity index (χ1) is 11.1. The van der Waals surface area contributed by atoms with Crippen molar-refractivity contribution in [1.82, 2.24) is 15.2 Å². The van der Waals surface area contributed by atoms with Crippen molar-refractivity contribution < 1.29 is 14.3 Å². The molecule has 0 bridgehead atoms. The number of hydrogen-bond donors (Lipinski definition) is 1. The first-order valence-corrected chi connectivity index (χ1v) is 7.62. The summed E-state index contributed by atoms with van der Waals surface area (Å²) in [7, 11) is 4.77. The van der Waals surface area contributed by atoms with Crippen LogP contribution in [0.2, 0.25) is 0 Å². The molecule has 24 heavy (non-hydrogen) atoms. The van der Waals surface area contributed by atoms with Gasteiger partial charge in [-0.3, -0.25) is 9.79 Å². The fourth-order valence-electron chi connectivity index (χ4n) is 2.85. The highest BCUT2D eigenvalue weighted by Crippen LogP contribution is 2.24. The molecule has 0 spiro atoms. The highest BCUT2D eigenvalue weighted by molar-refractivity contribution is 14.0. The molecule has 7 nitrogen and oxygen atoms in total.